The van der Waals surface area contributed by atoms with Crippen molar-refractivity contribution >= 4 is 6.08 Å². The van der Waals surface area contributed by atoms with Gasteiger partial charge in [0.2, 0.25) is 0 Å². The standard InChI is InChI=1S/C16H18/c1-2-6-13(5-1)11-14-9-10-15-7-3-4-8-16(15)12-14/h3-4,7-11,13H,1-2,5-6,12H2. The van der Waals surface area contributed by atoms with Crippen LogP contribution in [0.2, 0.25) is 0 Å². The molecule has 0 atom stereocenters. The van der Waals surface area contributed by atoms with E-state index in [0.29, 0.717) is 0 Å². The largest absolute Gasteiger partial charge is 0.0779 e. The van der Waals surface area contributed by atoms with Crippen molar-refractivity contribution in [1.29, 1.82) is 0 Å². The van der Waals surface area contributed by atoms with Crippen LogP contribution in [0.25, 0.3) is 6.08 Å². The van der Waals surface area contributed by atoms with Crippen molar-refractivity contribution in [2.24, 2.45) is 5.92 Å². The molecule has 1 aromatic rings. The second kappa shape index (κ2) is 4.29. The summed E-state index contributed by atoms with van der Waals surface area (Å²) >= 11 is 0. The van der Waals surface area contributed by atoms with Crippen LogP contribution >= 0.6 is 0 Å². The van der Waals surface area contributed by atoms with Crippen molar-refractivity contribution < 1.29 is 0 Å². The van der Waals surface area contributed by atoms with E-state index in [-0.39, 0.29) is 0 Å². The molecule has 0 bridgehead atoms. The van der Waals surface area contributed by atoms with Crippen LogP contribution in [-0.2, 0) is 6.42 Å². The highest BCUT2D eigenvalue weighted by atomic mass is 14.2. The van der Waals surface area contributed by atoms with Crippen LogP contribution in [0.3, 0.4) is 0 Å². The topological polar surface area (TPSA) is 0 Å². The average molecular weight is 210 g/mol. The van der Waals surface area contributed by atoms with E-state index in [0.717, 1.165) is 12.3 Å². The molecule has 0 nitrogen and oxygen atoms in total. The molecule has 2 aliphatic rings. The zero-order chi connectivity index (χ0) is 10.8. The van der Waals surface area contributed by atoms with Crippen LogP contribution in [0.5, 0.6) is 0 Å². The van der Waals surface area contributed by atoms with Crippen molar-refractivity contribution in [3.05, 3.63) is 53.1 Å². The lowest BCUT2D eigenvalue weighted by molar-refractivity contribution is 0.680. The molecule has 0 radical (unpaired) electrons. The fraction of sp³-hybridized carbons (Fsp3) is 0.375. The Morgan fingerprint density at radius 1 is 1.00 bits per heavy atom. The van der Waals surface area contributed by atoms with Gasteiger partial charge in [-0.05, 0) is 41.9 Å². The maximum Gasteiger partial charge on any atom is -0.00229 e. The monoisotopic (exact) mass is 210 g/mol. The lowest BCUT2D eigenvalue weighted by atomic mass is 9.91. The predicted octanol–water partition coefficient (Wildman–Crippen LogP) is 4.37. The third kappa shape index (κ3) is 1.97. The molecule has 0 aromatic heterocycles. The van der Waals surface area contributed by atoms with E-state index in [2.05, 4.69) is 42.5 Å². The van der Waals surface area contributed by atoms with Gasteiger partial charge >= 0.3 is 0 Å². The summed E-state index contributed by atoms with van der Waals surface area (Å²) in [7, 11) is 0. The molecule has 1 saturated carbocycles. The maximum atomic E-state index is 2.51. The Kier molecular flexibility index (Phi) is 2.65. The number of rotatable bonds is 1. The Morgan fingerprint density at radius 3 is 2.69 bits per heavy atom. The molecule has 0 spiro atoms. The Labute approximate surface area is 97.7 Å². The minimum absolute atomic E-state index is 0.852. The Morgan fingerprint density at radius 2 is 1.81 bits per heavy atom. The lowest BCUT2D eigenvalue weighted by Crippen LogP contribution is -1.99. The number of hydrogen-bond acceptors (Lipinski definition) is 0. The lowest BCUT2D eigenvalue weighted by Gasteiger charge is -2.14. The van der Waals surface area contributed by atoms with Crippen LogP contribution in [0.1, 0.15) is 36.8 Å². The molecule has 1 aromatic carbocycles. The molecular formula is C16H18. The molecule has 2 aliphatic carbocycles. The molecule has 0 heterocycles. The van der Waals surface area contributed by atoms with Gasteiger partial charge in [0, 0.05) is 0 Å². The molecule has 1 fully saturated rings. The zero-order valence-corrected chi connectivity index (χ0v) is 9.65. The molecule has 0 saturated heterocycles. The second-order valence-electron chi connectivity index (χ2n) is 5.00. The quantitative estimate of drug-likeness (QED) is 0.645. The first-order chi connectivity index (χ1) is 7.92. The molecule has 16 heavy (non-hydrogen) atoms. The van der Waals surface area contributed by atoms with Gasteiger partial charge in [-0.2, -0.15) is 0 Å². The first-order valence-corrected chi connectivity index (χ1v) is 6.38. The van der Waals surface area contributed by atoms with E-state index in [1.165, 1.54) is 42.4 Å². The van der Waals surface area contributed by atoms with Crippen LogP contribution in [-0.4, -0.2) is 0 Å². The highest BCUT2D eigenvalue weighted by Crippen LogP contribution is 2.29. The molecule has 0 amide bonds. The van der Waals surface area contributed by atoms with Crippen molar-refractivity contribution in [2.75, 3.05) is 0 Å². The van der Waals surface area contributed by atoms with E-state index in [4.69, 9.17) is 0 Å². The number of fused-ring (bicyclic) bond motifs is 1. The summed E-state index contributed by atoms with van der Waals surface area (Å²) < 4.78 is 0. The average Bonchev–Trinajstić information content (AvgIpc) is 2.82. The van der Waals surface area contributed by atoms with Crippen LogP contribution in [0.15, 0.2) is 42.0 Å². The fourth-order valence-corrected chi connectivity index (χ4v) is 2.87. The van der Waals surface area contributed by atoms with E-state index >= 15 is 0 Å². The smallest absolute Gasteiger partial charge is 0.00229 e. The van der Waals surface area contributed by atoms with Crippen molar-refractivity contribution in [1.82, 2.24) is 0 Å². The number of benzene rings is 1. The minimum Gasteiger partial charge on any atom is -0.0779 e. The van der Waals surface area contributed by atoms with Crippen molar-refractivity contribution in [3.8, 4) is 0 Å². The van der Waals surface area contributed by atoms with Gasteiger partial charge < -0.3 is 0 Å². The molecule has 82 valence electrons. The summed E-state index contributed by atoms with van der Waals surface area (Å²) in [5.74, 6) is 0.852. The van der Waals surface area contributed by atoms with Crippen LogP contribution in [0.4, 0.5) is 0 Å². The van der Waals surface area contributed by atoms with Gasteiger partial charge in [-0.15, -0.1) is 0 Å². The first-order valence-electron chi connectivity index (χ1n) is 6.38. The highest BCUT2D eigenvalue weighted by molar-refractivity contribution is 5.61. The van der Waals surface area contributed by atoms with E-state index in [9.17, 15) is 0 Å². The van der Waals surface area contributed by atoms with Crippen LogP contribution < -0.4 is 0 Å². The summed E-state index contributed by atoms with van der Waals surface area (Å²) in [6.07, 6.45) is 13.9. The minimum atomic E-state index is 0.852. The predicted molar refractivity (Wildman–Crippen MR) is 69.2 cm³/mol. The highest BCUT2D eigenvalue weighted by Gasteiger charge is 2.14. The Hall–Kier alpha value is -1.30. The van der Waals surface area contributed by atoms with Gasteiger partial charge in [0.25, 0.3) is 0 Å². The normalized spacial score (nSPS) is 22.6. The fourth-order valence-electron chi connectivity index (χ4n) is 2.87. The van der Waals surface area contributed by atoms with E-state index in [1.807, 2.05) is 0 Å². The van der Waals surface area contributed by atoms with Crippen LogP contribution in [0, 0.1) is 5.92 Å². The third-order valence-corrected chi connectivity index (χ3v) is 3.78. The van der Waals surface area contributed by atoms with Gasteiger partial charge in [-0.3, -0.25) is 0 Å². The van der Waals surface area contributed by atoms with Gasteiger partial charge in [-0.1, -0.05) is 55.3 Å². The Balaban J connectivity index is 1.82. The molecule has 0 aliphatic heterocycles. The number of hydrogen-bond donors (Lipinski definition) is 0. The molecule has 3 rings (SSSR count). The van der Waals surface area contributed by atoms with Gasteiger partial charge in [-0.25, -0.2) is 0 Å². The van der Waals surface area contributed by atoms with Crippen molar-refractivity contribution in [3.63, 3.8) is 0 Å². The SMILES string of the molecule is C1=Cc2ccccc2CC1=CC1CCCC1. The van der Waals surface area contributed by atoms with E-state index in [1.54, 1.807) is 0 Å². The summed E-state index contributed by atoms with van der Waals surface area (Å²) in [6, 6.07) is 8.72. The molecule has 0 unspecified atom stereocenters. The zero-order valence-electron chi connectivity index (χ0n) is 9.65. The van der Waals surface area contributed by atoms with Gasteiger partial charge in [0.15, 0.2) is 0 Å². The second-order valence-corrected chi connectivity index (χ2v) is 5.00. The third-order valence-electron chi connectivity index (χ3n) is 3.78. The first kappa shape index (κ1) is 9.89. The maximum absolute atomic E-state index is 2.51. The summed E-state index contributed by atoms with van der Waals surface area (Å²) in [5, 5.41) is 0. The number of allylic oxidation sites excluding steroid dienone is 3. The molecular weight excluding hydrogens is 192 g/mol. The molecule has 0 heteroatoms. The summed E-state index contributed by atoms with van der Waals surface area (Å²) in [4.78, 5) is 0. The van der Waals surface area contributed by atoms with Gasteiger partial charge in [0.1, 0.15) is 0 Å². The summed E-state index contributed by atoms with van der Waals surface area (Å²) in [5.41, 5.74) is 4.39. The molecule has 0 N–H and O–H groups in total. The van der Waals surface area contributed by atoms with Crippen molar-refractivity contribution in [2.45, 2.75) is 32.1 Å². The van der Waals surface area contributed by atoms with E-state index < -0.39 is 0 Å². The summed E-state index contributed by atoms with van der Waals surface area (Å²) in [6.45, 7) is 0. The Bertz CT molecular complexity index is 431. The van der Waals surface area contributed by atoms with Gasteiger partial charge in [0.05, 0.1) is 0 Å².